The summed E-state index contributed by atoms with van der Waals surface area (Å²) in [4.78, 5) is 11.5. The lowest BCUT2D eigenvalue weighted by Crippen LogP contribution is -2.52. The van der Waals surface area contributed by atoms with Crippen molar-refractivity contribution in [2.24, 2.45) is 17.6 Å². The van der Waals surface area contributed by atoms with E-state index >= 15 is 0 Å². The first-order valence-corrected chi connectivity index (χ1v) is 5.73. The first-order chi connectivity index (χ1) is 7.06. The molecule has 0 aromatic heterocycles. The van der Waals surface area contributed by atoms with E-state index in [1.165, 1.54) is 6.42 Å². The number of aliphatic hydroxyl groups is 1. The van der Waals surface area contributed by atoms with E-state index in [1.807, 2.05) is 0 Å². The summed E-state index contributed by atoms with van der Waals surface area (Å²) in [5.74, 6) is 0.773. The molecule has 4 nitrogen and oxygen atoms in total. The van der Waals surface area contributed by atoms with E-state index in [0.29, 0.717) is 11.8 Å². The topological polar surface area (TPSA) is 75.4 Å². The molecule has 88 valence electrons. The second-order valence-corrected chi connectivity index (χ2v) is 4.71. The van der Waals surface area contributed by atoms with Gasteiger partial charge in [-0.3, -0.25) is 4.79 Å². The van der Waals surface area contributed by atoms with Gasteiger partial charge in [0.25, 0.3) is 0 Å². The van der Waals surface area contributed by atoms with Gasteiger partial charge in [-0.15, -0.1) is 0 Å². The number of rotatable bonds is 3. The third kappa shape index (κ3) is 3.18. The zero-order valence-corrected chi connectivity index (χ0v) is 9.57. The molecule has 15 heavy (non-hydrogen) atoms. The average Bonchev–Trinajstić information content (AvgIpc) is 2.22. The van der Waals surface area contributed by atoms with Crippen molar-refractivity contribution in [1.29, 1.82) is 0 Å². The summed E-state index contributed by atoms with van der Waals surface area (Å²) in [5.41, 5.74) is 5.46. The van der Waals surface area contributed by atoms with Crippen molar-refractivity contribution < 1.29 is 9.90 Å². The molecule has 1 saturated carbocycles. The molecule has 0 aliphatic heterocycles. The van der Waals surface area contributed by atoms with Crippen molar-refractivity contribution in [1.82, 2.24) is 5.32 Å². The van der Waals surface area contributed by atoms with Gasteiger partial charge in [0.1, 0.15) is 6.04 Å². The SMILES string of the molecule is CC1CCCC(C)C1NC(=O)[C@H](N)CO. The molecule has 0 spiro atoms. The number of amides is 1. The van der Waals surface area contributed by atoms with E-state index in [1.54, 1.807) is 0 Å². The fourth-order valence-electron chi connectivity index (χ4n) is 2.32. The fraction of sp³-hybridized carbons (Fsp3) is 0.909. The molecule has 0 radical (unpaired) electrons. The van der Waals surface area contributed by atoms with Gasteiger partial charge in [-0.1, -0.05) is 20.3 Å². The number of carbonyl (C=O) groups excluding carboxylic acids is 1. The van der Waals surface area contributed by atoms with Crippen molar-refractivity contribution in [2.75, 3.05) is 6.61 Å². The number of hydrogen-bond donors (Lipinski definition) is 3. The molecule has 2 unspecified atom stereocenters. The maximum absolute atomic E-state index is 11.5. The lowest BCUT2D eigenvalue weighted by molar-refractivity contribution is -0.124. The standard InChI is InChI=1S/C11H22N2O2/c1-7-4-3-5-8(2)10(7)13-11(15)9(12)6-14/h7-10,14H,3-6,12H2,1-2H3,(H,13,15)/t7?,8?,9-,10?/m1/s1. The Hall–Kier alpha value is -0.610. The van der Waals surface area contributed by atoms with Crippen LogP contribution in [0, 0.1) is 11.8 Å². The average molecular weight is 214 g/mol. The molecule has 1 amide bonds. The second kappa shape index (κ2) is 5.47. The minimum atomic E-state index is -0.786. The number of carbonyl (C=O) groups is 1. The Kier molecular flexibility index (Phi) is 4.54. The zero-order chi connectivity index (χ0) is 11.4. The monoisotopic (exact) mass is 214 g/mol. The molecule has 1 fully saturated rings. The van der Waals surface area contributed by atoms with Gasteiger partial charge in [-0.2, -0.15) is 0 Å². The molecular formula is C11H22N2O2. The van der Waals surface area contributed by atoms with Crippen LogP contribution in [-0.2, 0) is 4.79 Å². The Bertz CT molecular complexity index is 211. The van der Waals surface area contributed by atoms with E-state index in [2.05, 4.69) is 19.2 Å². The van der Waals surface area contributed by atoms with E-state index in [4.69, 9.17) is 10.8 Å². The molecule has 4 N–H and O–H groups in total. The minimum Gasteiger partial charge on any atom is -0.394 e. The summed E-state index contributed by atoms with van der Waals surface area (Å²) in [6, 6.07) is -0.574. The Morgan fingerprint density at radius 1 is 1.47 bits per heavy atom. The number of nitrogens with one attached hydrogen (secondary N) is 1. The van der Waals surface area contributed by atoms with Crippen molar-refractivity contribution in [2.45, 2.75) is 45.2 Å². The summed E-state index contributed by atoms with van der Waals surface area (Å²) >= 11 is 0. The molecule has 0 bridgehead atoms. The van der Waals surface area contributed by atoms with Crippen molar-refractivity contribution in [3.8, 4) is 0 Å². The minimum absolute atomic E-state index is 0.212. The van der Waals surface area contributed by atoms with Gasteiger partial charge in [-0.05, 0) is 24.7 Å². The largest absolute Gasteiger partial charge is 0.394 e. The van der Waals surface area contributed by atoms with Crippen LogP contribution in [0.1, 0.15) is 33.1 Å². The molecule has 4 heteroatoms. The van der Waals surface area contributed by atoms with Crippen LogP contribution in [0.4, 0.5) is 0 Å². The van der Waals surface area contributed by atoms with Gasteiger partial charge in [0.05, 0.1) is 6.61 Å². The maximum atomic E-state index is 11.5. The molecule has 0 aromatic carbocycles. The summed E-state index contributed by atoms with van der Waals surface area (Å²) in [7, 11) is 0. The molecule has 0 saturated heterocycles. The first kappa shape index (κ1) is 12.5. The summed E-state index contributed by atoms with van der Waals surface area (Å²) in [5, 5.41) is 11.7. The third-order valence-corrected chi connectivity index (χ3v) is 3.39. The normalized spacial score (nSPS) is 33.5. The van der Waals surface area contributed by atoms with Gasteiger partial charge in [0.2, 0.25) is 5.91 Å². The molecule has 0 heterocycles. The van der Waals surface area contributed by atoms with Crippen LogP contribution in [0.5, 0.6) is 0 Å². The summed E-state index contributed by atoms with van der Waals surface area (Å²) < 4.78 is 0. The van der Waals surface area contributed by atoms with E-state index < -0.39 is 6.04 Å². The summed E-state index contributed by atoms with van der Waals surface area (Å²) in [6.45, 7) is 4.03. The second-order valence-electron chi connectivity index (χ2n) is 4.71. The van der Waals surface area contributed by atoms with Gasteiger partial charge in [0, 0.05) is 6.04 Å². The Morgan fingerprint density at radius 3 is 2.47 bits per heavy atom. The summed E-state index contributed by atoms with van der Waals surface area (Å²) in [6.07, 6.45) is 3.55. The first-order valence-electron chi connectivity index (χ1n) is 5.73. The lowest BCUT2D eigenvalue weighted by Gasteiger charge is -2.35. The van der Waals surface area contributed by atoms with E-state index in [0.717, 1.165) is 12.8 Å². The molecule has 0 aromatic rings. The van der Waals surface area contributed by atoms with Crippen molar-refractivity contribution in [3.05, 3.63) is 0 Å². The van der Waals surface area contributed by atoms with Crippen LogP contribution in [0.3, 0.4) is 0 Å². The third-order valence-electron chi connectivity index (χ3n) is 3.39. The van der Waals surface area contributed by atoms with Crippen LogP contribution in [0.25, 0.3) is 0 Å². The number of hydrogen-bond acceptors (Lipinski definition) is 3. The van der Waals surface area contributed by atoms with Gasteiger partial charge < -0.3 is 16.2 Å². The van der Waals surface area contributed by atoms with Crippen molar-refractivity contribution >= 4 is 5.91 Å². The quantitative estimate of drug-likeness (QED) is 0.630. The molecule has 1 aliphatic carbocycles. The highest BCUT2D eigenvalue weighted by atomic mass is 16.3. The molecule has 1 aliphatic rings. The molecular weight excluding hydrogens is 192 g/mol. The highest BCUT2D eigenvalue weighted by Crippen LogP contribution is 2.28. The number of nitrogens with two attached hydrogens (primary N) is 1. The van der Waals surface area contributed by atoms with Gasteiger partial charge >= 0.3 is 0 Å². The van der Waals surface area contributed by atoms with Crippen LogP contribution in [-0.4, -0.2) is 29.7 Å². The van der Waals surface area contributed by atoms with Crippen LogP contribution >= 0.6 is 0 Å². The highest BCUT2D eigenvalue weighted by Gasteiger charge is 2.29. The van der Waals surface area contributed by atoms with Crippen molar-refractivity contribution in [3.63, 3.8) is 0 Å². The Balaban J connectivity index is 2.51. The zero-order valence-electron chi connectivity index (χ0n) is 9.57. The van der Waals surface area contributed by atoms with E-state index in [9.17, 15) is 4.79 Å². The maximum Gasteiger partial charge on any atom is 0.239 e. The highest BCUT2D eigenvalue weighted by molar-refractivity contribution is 5.81. The van der Waals surface area contributed by atoms with Crippen LogP contribution in [0.2, 0.25) is 0 Å². The fourth-order valence-corrected chi connectivity index (χ4v) is 2.32. The lowest BCUT2D eigenvalue weighted by atomic mass is 9.78. The smallest absolute Gasteiger partial charge is 0.239 e. The number of aliphatic hydroxyl groups excluding tert-OH is 1. The van der Waals surface area contributed by atoms with Crippen LogP contribution in [0.15, 0.2) is 0 Å². The predicted molar refractivity (Wildman–Crippen MR) is 59.2 cm³/mol. The molecule has 1 rings (SSSR count). The molecule has 3 atom stereocenters. The Labute approximate surface area is 91.2 Å². The predicted octanol–water partition coefficient (Wildman–Crippen LogP) is 0.247. The van der Waals surface area contributed by atoms with Crippen LogP contribution < -0.4 is 11.1 Å². The van der Waals surface area contributed by atoms with E-state index in [-0.39, 0.29) is 18.6 Å². The van der Waals surface area contributed by atoms with Gasteiger partial charge in [-0.25, -0.2) is 0 Å². The Morgan fingerprint density at radius 2 is 2.00 bits per heavy atom. The van der Waals surface area contributed by atoms with Gasteiger partial charge in [0.15, 0.2) is 0 Å².